The molecule has 1 fully saturated rings. The third-order valence-corrected chi connectivity index (χ3v) is 2.70. The van der Waals surface area contributed by atoms with Crippen LogP contribution in [0.3, 0.4) is 0 Å². The van der Waals surface area contributed by atoms with Gasteiger partial charge in [-0.15, -0.1) is 0 Å². The summed E-state index contributed by atoms with van der Waals surface area (Å²) in [5.41, 5.74) is 0. The third-order valence-electron chi connectivity index (χ3n) is 2.70. The van der Waals surface area contributed by atoms with Gasteiger partial charge in [-0.2, -0.15) is 0 Å². The standard InChI is InChI=1S/C11H19NO4/c1-3-9(11(14)15)12(8-5-6-8)7-10(13)16-4-2/h8-9H,3-7H2,1-2H3,(H,14,15). The molecule has 1 aliphatic rings. The monoisotopic (exact) mass is 229 g/mol. The molecule has 0 aliphatic heterocycles. The molecule has 92 valence electrons. The van der Waals surface area contributed by atoms with Crippen LogP contribution in [0.2, 0.25) is 0 Å². The van der Waals surface area contributed by atoms with Gasteiger partial charge in [0.15, 0.2) is 0 Å². The first-order chi connectivity index (χ1) is 7.60. The van der Waals surface area contributed by atoms with E-state index in [0.29, 0.717) is 13.0 Å². The molecule has 0 aromatic rings. The maximum absolute atomic E-state index is 11.4. The molecule has 0 radical (unpaired) electrons. The van der Waals surface area contributed by atoms with Crippen LogP contribution in [-0.4, -0.2) is 47.2 Å². The fourth-order valence-corrected chi connectivity index (χ4v) is 1.81. The Morgan fingerprint density at radius 3 is 2.44 bits per heavy atom. The van der Waals surface area contributed by atoms with Crippen molar-refractivity contribution in [3.05, 3.63) is 0 Å². The van der Waals surface area contributed by atoms with Gasteiger partial charge in [0.05, 0.1) is 13.2 Å². The van der Waals surface area contributed by atoms with Gasteiger partial charge in [-0.05, 0) is 26.2 Å². The number of carbonyl (C=O) groups excluding carboxylic acids is 1. The van der Waals surface area contributed by atoms with Crippen LogP contribution in [0, 0.1) is 0 Å². The lowest BCUT2D eigenvalue weighted by atomic mass is 10.2. The van der Waals surface area contributed by atoms with Crippen molar-refractivity contribution in [3.8, 4) is 0 Å². The molecule has 1 atom stereocenters. The summed E-state index contributed by atoms with van der Waals surface area (Å²) in [6, 6.07) is -0.331. The SMILES string of the molecule is CCOC(=O)CN(C1CC1)C(CC)C(=O)O. The van der Waals surface area contributed by atoms with Crippen molar-refractivity contribution >= 4 is 11.9 Å². The van der Waals surface area contributed by atoms with Gasteiger partial charge in [0, 0.05) is 6.04 Å². The van der Waals surface area contributed by atoms with Crippen LogP contribution in [0.4, 0.5) is 0 Å². The van der Waals surface area contributed by atoms with Crippen LogP contribution >= 0.6 is 0 Å². The topological polar surface area (TPSA) is 66.8 Å². The minimum absolute atomic E-state index is 0.0866. The Labute approximate surface area is 95.4 Å². The predicted octanol–water partition coefficient (Wildman–Crippen LogP) is 0.877. The van der Waals surface area contributed by atoms with Crippen molar-refractivity contribution in [3.63, 3.8) is 0 Å². The van der Waals surface area contributed by atoms with Crippen molar-refractivity contribution in [2.45, 2.75) is 45.2 Å². The van der Waals surface area contributed by atoms with Gasteiger partial charge in [0.1, 0.15) is 6.04 Å². The Morgan fingerprint density at radius 1 is 1.44 bits per heavy atom. The smallest absolute Gasteiger partial charge is 0.320 e. The number of carboxylic acids is 1. The summed E-state index contributed by atoms with van der Waals surface area (Å²) in [6.45, 7) is 3.98. The molecule has 1 N–H and O–H groups in total. The van der Waals surface area contributed by atoms with Gasteiger partial charge in [-0.3, -0.25) is 14.5 Å². The second-order valence-electron chi connectivity index (χ2n) is 3.97. The molecule has 0 aromatic heterocycles. The van der Waals surface area contributed by atoms with E-state index in [0.717, 1.165) is 12.8 Å². The number of rotatable bonds is 7. The zero-order chi connectivity index (χ0) is 12.1. The van der Waals surface area contributed by atoms with E-state index in [4.69, 9.17) is 9.84 Å². The molecule has 0 spiro atoms. The molecule has 0 bridgehead atoms. The van der Waals surface area contributed by atoms with Crippen molar-refractivity contribution in [1.29, 1.82) is 0 Å². The fourth-order valence-electron chi connectivity index (χ4n) is 1.81. The fraction of sp³-hybridized carbons (Fsp3) is 0.818. The Kier molecular flexibility index (Phi) is 4.73. The Balaban J connectivity index is 2.59. The summed E-state index contributed by atoms with van der Waals surface area (Å²) in [4.78, 5) is 24.2. The van der Waals surface area contributed by atoms with E-state index in [1.165, 1.54) is 0 Å². The van der Waals surface area contributed by atoms with Crippen molar-refractivity contribution in [2.24, 2.45) is 0 Å². The molecule has 1 rings (SSSR count). The van der Waals surface area contributed by atoms with Crippen molar-refractivity contribution in [1.82, 2.24) is 4.90 Å². The quantitative estimate of drug-likeness (QED) is 0.656. The number of ether oxygens (including phenoxy) is 1. The molecular weight excluding hydrogens is 210 g/mol. The lowest BCUT2D eigenvalue weighted by Crippen LogP contribution is -2.45. The van der Waals surface area contributed by atoms with Crippen LogP contribution < -0.4 is 0 Å². The van der Waals surface area contributed by atoms with E-state index in [2.05, 4.69) is 0 Å². The molecule has 0 aromatic carbocycles. The molecular formula is C11H19NO4. The summed E-state index contributed by atoms with van der Waals surface area (Å²) >= 11 is 0. The number of hydrogen-bond donors (Lipinski definition) is 1. The first kappa shape index (κ1) is 13.0. The normalized spacial score (nSPS) is 17.2. The Bertz CT molecular complexity index is 263. The van der Waals surface area contributed by atoms with Crippen LogP contribution in [-0.2, 0) is 14.3 Å². The summed E-state index contributed by atoms with van der Waals surface area (Å²) in [5, 5.41) is 9.07. The number of hydrogen-bond acceptors (Lipinski definition) is 4. The first-order valence-corrected chi connectivity index (χ1v) is 5.74. The van der Waals surface area contributed by atoms with Gasteiger partial charge in [-0.25, -0.2) is 0 Å². The van der Waals surface area contributed by atoms with Crippen LogP contribution in [0.1, 0.15) is 33.1 Å². The van der Waals surface area contributed by atoms with Gasteiger partial charge >= 0.3 is 11.9 Å². The van der Waals surface area contributed by atoms with Crippen LogP contribution in [0.25, 0.3) is 0 Å². The molecule has 0 amide bonds. The minimum Gasteiger partial charge on any atom is -0.480 e. The number of carboxylic acid groups (broad SMARTS) is 1. The zero-order valence-corrected chi connectivity index (χ0v) is 9.81. The minimum atomic E-state index is -0.862. The lowest BCUT2D eigenvalue weighted by molar-refractivity contribution is -0.149. The largest absolute Gasteiger partial charge is 0.480 e. The van der Waals surface area contributed by atoms with E-state index < -0.39 is 12.0 Å². The van der Waals surface area contributed by atoms with E-state index in [-0.39, 0.29) is 18.6 Å². The maximum Gasteiger partial charge on any atom is 0.320 e. The van der Waals surface area contributed by atoms with E-state index >= 15 is 0 Å². The molecule has 5 nitrogen and oxygen atoms in total. The molecule has 0 heterocycles. The Morgan fingerprint density at radius 2 is 2.06 bits per heavy atom. The van der Waals surface area contributed by atoms with Gasteiger partial charge < -0.3 is 9.84 Å². The highest BCUT2D eigenvalue weighted by Crippen LogP contribution is 2.29. The molecule has 1 unspecified atom stereocenters. The van der Waals surface area contributed by atoms with Gasteiger partial charge in [0.2, 0.25) is 0 Å². The third kappa shape index (κ3) is 3.48. The van der Waals surface area contributed by atoms with Gasteiger partial charge in [-0.1, -0.05) is 6.92 Å². The lowest BCUT2D eigenvalue weighted by Gasteiger charge is -2.26. The molecule has 0 saturated heterocycles. The molecule has 1 saturated carbocycles. The average Bonchev–Trinajstić information content (AvgIpc) is 3.00. The Hall–Kier alpha value is -1.10. The van der Waals surface area contributed by atoms with E-state index in [9.17, 15) is 9.59 Å². The highest BCUT2D eigenvalue weighted by Gasteiger charge is 2.37. The molecule has 16 heavy (non-hydrogen) atoms. The van der Waals surface area contributed by atoms with E-state index in [1.807, 2.05) is 6.92 Å². The van der Waals surface area contributed by atoms with Crippen molar-refractivity contribution < 1.29 is 19.4 Å². The zero-order valence-electron chi connectivity index (χ0n) is 9.81. The first-order valence-electron chi connectivity index (χ1n) is 5.74. The number of carbonyl (C=O) groups is 2. The maximum atomic E-state index is 11.4. The average molecular weight is 229 g/mol. The summed E-state index contributed by atoms with van der Waals surface area (Å²) in [7, 11) is 0. The molecule has 5 heteroatoms. The van der Waals surface area contributed by atoms with Crippen LogP contribution in [0.15, 0.2) is 0 Å². The van der Waals surface area contributed by atoms with Crippen molar-refractivity contribution in [2.75, 3.05) is 13.2 Å². The molecule has 1 aliphatic carbocycles. The summed E-state index contributed by atoms with van der Waals surface area (Å²) in [6.07, 6.45) is 2.46. The summed E-state index contributed by atoms with van der Waals surface area (Å²) < 4.78 is 4.85. The highest BCUT2D eigenvalue weighted by atomic mass is 16.5. The van der Waals surface area contributed by atoms with E-state index in [1.54, 1.807) is 11.8 Å². The number of esters is 1. The number of aliphatic carboxylic acids is 1. The van der Waals surface area contributed by atoms with Gasteiger partial charge in [0.25, 0.3) is 0 Å². The second kappa shape index (κ2) is 5.84. The second-order valence-corrected chi connectivity index (χ2v) is 3.97. The number of nitrogens with zero attached hydrogens (tertiary/aromatic N) is 1. The predicted molar refractivity (Wildman–Crippen MR) is 58.1 cm³/mol. The van der Waals surface area contributed by atoms with Crippen LogP contribution in [0.5, 0.6) is 0 Å². The summed E-state index contributed by atoms with van der Waals surface area (Å²) in [5.74, 6) is -1.20. The highest BCUT2D eigenvalue weighted by molar-refractivity contribution is 5.76.